The van der Waals surface area contributed by atoms with E-state index in [4.69, 9.17) is 0 Å². The summed E-state index contributed by atoms with van der Waals surface area (Å²) in [5.74, 6) is -0.115. The SMILES string of the molecule is Cc1c2ncn(CC(=O)N3CCc4ccccc43)c(=O)c2nn1C. The molecular weight excluding hydrogens is 306 g/mol. The fourth-order valence-corrected chi connectivity index (χ4v) is 3.15. The van der Waals surface area contributed by atoms with Crippen LogP contribution in [0.4, 0.5) is 5.69 Å². The van der Waals surface area contributed by atoms with Crippen LogP contribution in [0.15, 0.2) is 35.4 Å². The summed E-state index contributed by atoms with van der Waals surface area (Å²) < 4.78 is 2.96. The van der Waals surface area contributed by atoms with Crippen LogP contribution in [0.2, 0.25) is 0 Å². The van der Waals surface area contributed by atoms with Crippen molar-refractivity contribution in [1.82, 2.24) is 19.3 Å². The molecule has 122 valence electrons. The third-order valence-corrected chi connectivity index (χ3v) is 4.59. The Morgan fingerprint density at radius 2 is 2.04 bits per heavy atom. The minimum absolute atomic E-state index is 0.0360. The molecule has 0 atom stereocenters. The topological polar surface area (TPSA) is 73.0 Å². The summed E-state index contributed by atoms with van der Waals surface area (Å²) >= 11 is 0. The van der Waals surface area contributed by atoms with Gasteiger partial charge in [-0.2, -0.15) is 5.10 Å². The Kier molecular flexibility index (Phi) is 3.23. The summed E-state index contributed by atoms with van der Waals surface area (Å²) in [6.07, 6.45) is 2.27. The highest BCUT2D eigenvalue weighted by Gasteiger charge is 2.24. The lowest BCUT2D eigenvalue weighted by Gasteiger charge is -2.17. The lowest BCUT2D eigenvalue weighted by atomic mass is 10.2. The molecule has 0 unspecified atom stereocenters. The predicted octanol–water partition coefficient (Wildman–Crippen LogP) is 1.03. The van der Waals surface area contributed by atoms with Crippen LogP contribution in [0.3, 0.4) is 0 Å². The van der Waals surface area contributed by atoms with Gasteiger partial charge in [-0.3, -0.25) is 18.8 Å². The zero-order valence-electron chi connectivity index (χ0n) is 13.6. The van der Waals surface area contributed by atoms with Gasteiger partial charge in [0.1, 0.15) is 12.1 Å². The van der Waals surface area contributed by atoms with Gasteiger partial charge in [0.2, 0.25) is 5.91 Å². The number of aromatic nitrogens is 4. The molecule has 3 aromatic rings. The summed E-state index contributed by atoms with van der Waals surface area (Å²) in [6, 6.07) is 7.85. The third kappa shape index (κ3) is 2.12. The van der Waals surface area contributed by atoms with Gasteiger partial charge >= 0.3 is 0 Å². The number of para-hydroxylation sites is 1. The van der Waals surface area contributed by atoms with Gasteiger partial charge in [0.15, 0.2) is 5.52 Å². The van der Waals surface area contributed by atoms with Crippen molar-refractivity contribution in [3.63, 3.8) is 0 Å². The molecule has 7 nitrogen and oxygen atoms in total. The maximum atomic E-state index is 12.7. The van der Waals surface area contributed by atoms with Gasteiger partial charge in [0.05, 0.1) is 12.0 Å². The Hall–Kier alpha value is -2.96. The highest BCUT2D eigenvalue weighted by molar-refractivity contribution is 5.95. The Bertz CT molecular complexity index is 1020. The first kappa shape index (κ1) is 14.6. The molecule has 0 aliphatic carbocycles. The van der Waals surface area contributed by atoms with Gasteiger partial charge in [-0.25, -0.2) is 4.98 Å². The molecule has 3 heterocycles. The maximum Gasteiger partial charge on any atom is 0.282 e. The lowest BCUT2D eigenvalue weighted by molar-refractivity contribution is -0.119. The van der Waals surface area contributed by atoms with Crippen LogP contribution in [0.1, 0.15) is 11.3 Å². The molecule has 0 saturated carbocycles. The summed E-state index contributed by atoms with van der Waals surface area (Å²) in [4.78, 5) is 31.2. The van der Waals surface area contributed by atoms with E-state index in [1.165, 1.54) is 10.9 Å². The van der Waals surface area contributed by atoms with E-state index in [9.17, 15) is 9.59 Å². The second-order valence-corrected chi connectivity index (χ2v) is 6.01. The molecule has 0 radical (unpaired) electrons. The monoisotopic (exact) mass is 323 g/mol. The van der Waals surface area contributed by atoms with E-state index in [0.29, 0.717) is 17.6 Å². The number of nitrogens with zero attached hydrogens (tertiary/aromatic N) is 5. The largest absolute Gasteiger partial charge is 0.310 e. The number of benzene rings is 1. The molecule has 1 aromatic carbocycles. The van der Waals surface area contributed by atoms with E-state index in [2.05, 4.69) is 10.1 Å². The van der Waals surface area contributed by atoms with Crippen molar-refractivity contribution < 1.29 is 4.79 Å². The lowest BCUT2D eigenvalue weighted by Crippen LogP contribution is -2.35. The van der Waals surface area contributed by atoms with E-state index in [-0.39, 0.29) is 18.0 Å². The highest BCUT2D eigenvalue weighted by atomic mass is 16.2. The van der Waals surface area contributed by atoms with Crippen LogP contribution in [0.5, 0.6) is 0 Å². The average Bonchev–Trinajstić information content (AvgIpc) is 3.13. The van der Waals surface area contributed by atoms with E-state index in [0.717, 1.165) is 23.4 Å². The van der Waals surface area contributed by atoms with Crippen LogP contribution in [-0.2, 0) is 24.8 Å². The quantitative estimate of drug-likeness (QED) is 0.706. The number of rotatable bonds is 2. The molecule has 1 aliphatic rings. The smallest absolute Gasteiger partial charge is 0.282 e. The molecule has 0 saturated heterocycles. The predicted molar refractivity (Wildman–Crippen MR) is 90.0 cm³/mol. The number of amides is 1. The first-order chi connectivity index (χ1) is 11.6. The first-order valence-corrected chi connectivity index (χ1v) is 7.83. The molecule has 7 heteroatoms. The summed E-state index contributed by atoms with van der Waals surface area (Å²) in [5, 5.41) is 4.21. The van der Waals surface area contributed by atoms with Crippen molar-refractivity contribution in [3.05, 3.63) is 52.2 Å². The zero-order valence-corrected chi connectivity index (χ0v) is 13.6. The standard InChI is InChI=1S/C17H17N5O2/c1-11-15-16(19-20(11)2)17(24)21(10-18-15)9-14(23)22-8-7-12-5-3-4-6-13(12)22/h3-6,10H,7-9H2,1-2H3. The molecule has 4 rings (SSSR count). The van der Waals surface area contributed by atoms with Crippen LogP contribution in [0.25, 0.3) is 11.0 Å². The van der Waals surface area contributed by atoms with Gasteiger partial charge in [0, 0.05) is 19.3 Å². The number of carbonyl (C=O) groups excluding carboxylic acids is 1. The van der Waals surface area contributed by atoms with E-state index >= 15 is 0 Å². The number of hydrogen-bond donors (Lipinski definition) is 0. The van der Waals surface area contributed by atoms with Crippen molar-refractivity contribution in [2.24, 2.45) is 7.05 Å². The Morgan fingerprint density at radius 3 is 2.88 bits per heavy atom. The molecule has 0 fully saturated rings. The average molecular weight is 323 g/mol. The van der Waals surface area contributed by atoms with Crippen LogP contribution in [-0.4, -0.2) is 31.8 Å². The normalized spacial score (nSPS) is 13.5. The second-order valence-electron chi connectivity index (χ2n) is 6.01. The van der Waals surface area contributed by atoms with Crippen molar-refractivity contribution in [1.29, 1.82) is 0 Å². The Labute approximate surface area is 138 Å². The van der Waals surface area contributed by atoms with Crippen molar-refractivity contribution in [3.8, 4) is 0 Å². The van der Waals surface area contributed by atoms with Crippen molar-refractivity contribution in [2.45, 2.75) is 19.9 Å². The number of anilines is 1. The molecule has 1 aliphatic heterocycles. The molecule has 24 heavy (non-hydrogen) atoms. The summed E-state index contributed by atoms with van der Waals surface area (Å²) in [5.41, 5.74) is 3.51. The minimum Gasteiger partial charge on any atom is -0.310 e. The van der Waals surface area contributed by atoms with E-state index in [1.807, 2.05) is 31.2 Å². The molecule has 1 amide bonds. The Morgan fingerprint density at radius 1 is 1.25 bits per heavy atom. The third-order valence-electron chi connectivity index (χ3n) is 4.59. The van der Waals surface area contributed by atoms with Crippen LogP contribution >= 0.6 is 0 Å². The fourth-order valence-electron chi connectivity index (χ4n) is 3.15. The Balaban J connectivity index is 1.67. The second kappa shape index (κ2) is 5.30. The number of aryl methyl sites for hydroxylation is 2. The highest BCUT2D eigenvalue weighted by Crippen LogP contribution is 2.27. The van der Waals surface area contributed by atoms with Crippen molar-refractivity contribution in [2.75, 3.05) is 11.4 Å². The molecule has 0 bridgehead atoms. The van der Waals surface area contributed by atoms with E-state index in [1.54, 1.807) is 16.6 Å². The zero-order chi connectivity index (χ0) is 16.8. The minimum atomic E-state index is -0.287. The summed E-state index contributed by atoms with van der Waals surface area (Å²) in [6.45, 7) is 2.47. The number of fused-ring (bicyclic) bond motifs is 2. The fraction of sp³-hybridized carbons (Fsp3) is 0.294. The molecule has 0 N–H and O–H groups in total. The molecule has 2 aromatic heterocycles. The first-order valence-electron chi connectivity index (χ1n) is 7.83. The molecule has 0 spiro atoms. The van der Waals surface area contributed by atoms with Crippen LogP contribution < -0.4 is 10.5 Å². The van der Waals surface area contributed by atoms with Gasteiger partial charge in [-0.1, -0.05) is 18.2 Å². The summed E-state index contributed by atoms with van der Waals surface area (Å²) in [7, 11) is 1.77. The van der Waals surface area contributed by atoms with Gasteiger partial charge in [0.25, 0.3) is 5.56 Å². The number of hydrogen-bond acceptors (Lipinski definition) is 4. The van der Waals surface area contributed by atoms with Crippen molar-refractivity contribution >= 4 is 22.6 Å². The van der Waals surface area contributed by atoms with E-state index < -0.39 is 0 Å². The molecular formula is C17H17N5O2. The van der Waals surface area contributed by atoms with Gasteiger partial charge in [-0.15, -0.1) is 0 Å². The maximum absolute atomic E-state index is 12.7. The number of carbonyl (C=O) groups is 1. The van der Waals surface area contributed by atoms with Gasteiger partial charge in [-0.05, 0) is 25.0 Å². The van der Waals surface area contributed by atoms with Crippen LogP contribution in [0, 0.1) is 6.92 Å². The van der Waals surface area contributed by atoms with Gasteiger partial charge < -0.3 is 4.90 Å².